The molecule has 42 heavy (non-hydrogen) atoms. The van der Waals surface area contributed by atoms with Gasteiger partial charge >= 0.3 is 0 Å². The minimum atomic E-state index is -0.467. The molecule has 5 rings (SSSR count). The van der Waals surface area contributed by atoms with Gasteiger partial charge < -0.3 is 15.5 Å². The fourth-order valence-corrected chi connectivity index (χ4v) is 8.14. The molecule has 0 aromatic heterocycles. The van der Waals surface area contributed by atoms with Crippen LogP contribution in [0.2, 0.25) is 10.0 Å². The Balaban J connectivity index is 1.29. The highest BCUT2D eigenvalue weighted by Crippen LogP contribution is 2.40. The van der Waals surface area contributed by atoms with E-state index in [1.807, 2.05) is 12.1 Å². The number of amides is 2. The summed E-state index contributed by atoms with van der Waals surface area (Å²) in [5.41, 5.74) is 9.93. The normalized spacial score (nSPS) is 23.6. The van der Waals surface area contributed by atoms with Crippen molar-refractivity contribution >= 4 is 35.0 Å². The van der Waals surface area contributed by atoms with Crippen LogP contribution in [0.15, 0.2) is 36.4 Å². The van der Waals surface area contributed by atoms with E-state index in [1.54, 1.807) is 0 Å². The van der Waals surface area contributed by atoms with Gasteiger partial charge in [0, 0.05) is 44.7 Å². The van der Waals surface area contributed by atoms with Crippen LogP contribution in [-0.2, 0) is 21.4 Å². The first-order valence-corrected chi connectivity index (χ1v) is 16.4. The zero-order valence-electron chi connectivity index (χ0n) is 25.3. The number of primary amides is 1. The molecule has 2 aromatic carbocycles. The number of piperidine rings is 1. The maximum Gasteiger partial charge on any atom is 0.237 e. The standard InChI is InChI=1S/C34H46Cl2N4O2/c1-25-19-26(2)21-27(20-25)22-31(41)39-13-6-9-33(24-39,28-7-8-29(35)30(36)23-28)12-14-38-15-17-40(18-16-38)34(32(37)42)10-4-3-5-11-34/h7-8,19-21,23H,3-6,9-18,22,24H2,1-2H3,(H2,37,42). The summed E-state index contributed by atoms with van der Waals surface area (Å²) in [5, 5.41) is 1.11. The van der Waals surface area contributed by atoms with Gasteiger partial charge in [-0.3, -0.25) is 14.5 Å². The number of carbonyl (C=O) groups excluding carboxylic acids is 2. The van der Waals surface area contributed by atoms with Crippen LogP contribution in [0.4, 0.5) is 0 Å². The minimum Gasteiger partial charge on any atom is -0.368 e. The molecule has 2 amide bonds. The third-order valence-electron chi connectivity index (χ3n) is 10.1. The van der Waals surface area contributed by atoms with E-state index >= 15 is 0 Å². The maximum absolute atomic E-state index is 13.6. The van der Waals surface area contributed by atoms with Crippen LogP contribution >= 0.6 is 23.2 Å². The molecule has 2 saturated heterocycles. The van der Waals surface area contributed by atoms with Gasteiger partial charge in [0.05, 0.1) is 16.5 Å². The number of benzene rings is 2. The molecular formula is C34H46Cl2N4O2. The van der Waals surface area contributed by atoms with Gasteiger partial charge in [-0.1, -0.05) is 77.9 Å². The summed E-state index contributed by atoms with van der Waals surface area (Å²) in [6.45, 7) is 10.1. The van der Waals surface area contributed by atoms with Crippen LogP contribution in [0.25, 0.3) is 0 Å². The van der Waals surface area contributed by atoms with Crippen LogP contribution in [0.1, 0.15) is 73.6 Å². The van der Waals surface area contributed by atoms with E-state index < -0.39 is 5.54 Å². The number of piperazine rings is 1. The number of nitrogens with zero attached hydrogens (tertiary/aromatic N) is 3. The molecule has 2 N–H and O–H groups in total. The van der Waals surface area contributed by atoms with Crippen molar-refractivity contribution in [2.45, 2.75) is 82.6 Å². The molecule has 0 radical (unpaired) electrons. The van der Waals surface area contributed by atoms with Crippen LogP contribution in [0, 0.1) is 13.8 Å². The summed E-state index contributed by atoms with van der Waals surface area (Å²) < 4.78 is 0. The lowest BCUT2D eigenvalue weighted by molar-refractivity contribution is -0.135. The summed E-state index contributed by atoms with van der Waals surface area (Å²) in [7, 11) is 0. The quantitative estimate of drug-likeness (QED) is 0.402. The Morgan fingerprint density at radius 3 is 2.17 bits per heavy atom. The SMILES string of the molecule is Cc1cc(C)cc(CC(=O)N2CCCC(CCN3CCN(C4(C(N)=O)CCCCC4)CC3)(c3ccc(Cl)c(Cl)c3)C2)c1. The van der Waals surface area contributed by atoms with Crippen molar-refractivity contribution in [2.24, 2.45) is 5.73 Å². The second kappa shape index (κ2) is 13.3. The highest BCUT2D eigenvalue weighted by atomic mass is 35.5. The lowest BCUT2D eigenvalue weighted by Gasteiger charge is -2.49. The third kappa shape index (κ3) is 6.83. The first-order chi connectivity index (χ1) is 20.1. The number of rotatable bonds is 8. The van der Waals surface area contributed by atoms with E-state index in [-0.39, 0.29) is 17.2 Å². The fourth-order valence-electron chi connectivity index (χ4n) is 7.84. The molecule has 1 saturated carbocycles. The predicted octanol–water partition coefficient (Wildman–Crippen LogP) is 5.91. The lowest BCUT2D eigenvalue weighted by atomic mass is 9.71. The topological polar surface area (TPSA) is 69.9 Å². The van der Waals surface area contributed by atoms with Crippen molar-refractivity contribution in [1.82, 2.24) is 14.7 Å². The van der Waals surface area contributed by atoms with Crippen LogP contribution in [0.3, 0.4) is 0 Å². The van der Waals surface area contributed by atoms with Gasteiger partial charge in [-0.05, 0) is 75.8 Å². The summed E-state index contributed by atoms with van der Waals surface area (Å²) in [6, 6.07) is 12.4. The summed E-state index contributed by atoms with van der Waals surface area (Å²) in [6.07, 6.45) is 8.42. The van der Waals surface area contributed by atoms with E-state index in [2.05, 4.69) is 52.8 Å². The van der Waals surface area contributed by atoms with E-state index in [9.17, 15) is 9.59 Å². The Morgan fingerprint density at radius 1 is 0.833 bits per heavy atom. The number of hydrogen-bond donors (Lipinski definition) is 1. The number of carbonyl (C=O) groups is 2. The Bertz CT molecular complexity index is 1270. The number of hydrogen-bond acceptors (Lipinski definition) is 4. The first kappa shape index (κ1) is 31.3. The number of likely N-dealkylation sites (tertiary alicyclic amines) is 1. The molecular weight excluding hydrogens is 567 g/mol. The molecule has 3 aliphatic rings. The second-order valence-corrected chi connectivity index (χ2v) is 13.9. The molecule has 1 aliphatic carbocycles. The van der Waals surface area contributed by atoms with E-state index in [0.29, 0.717) is 23.0 Å². The van der Waals surface area contributed by atoms with Gasteiger partial charge in [0.1, 0.15) is 5.54 Å². The number of nitrogens with two attached hydrogens (primary N) is 1. The molecule has 2 aliphatic heterocycles. The Kier molecular flexibility index (Phi) is 9.88. The largest absolute Gasteiger partial charge is 0.368 e. The van der Waals surface area contributed by atoms with Gasteiger partial charge in [-0.15, -0.1) is 0 Å². The zero-order chi connectivity index (χ0) is 29.9. The second-order valence-electron chi connectivity index (χ2n) is 13.0. The Morgan fingerprint density at radius 2 is 1.52 bits per heavy atom. The minimum absolute atomic E-state index is 0.151. The average Bonchev–Trinajstić information content (AvgIpc) is 2.97. The maximum atomic E-state index is 13.6. The monoisotopic (exact) mass is 612 g/mol. The summed E-state index contributed by atoms with van der Waals surface area (Å²) >= 11 is 12.9. The zero-order valence-corrected chi connectivity index (χ0v) is 26.8. The van der Waals surface area contributed by atoms with E-state index in [0.717, 1.165) is 95.3 Å². The highest BCUT2D eigenvalue weighted by molar-refractivity contribution is 6.42. The van der Waals surface area contributed by atoms with Crippen LogP contribution < -0.4 is 5.73 Å². The van der Waals surface area contributed by atoms with Crippen LogP contribution in [-0.4, -0.2) is 77.9 Å². The molecule has 1 atom stereocenters. The smallest absolute Gasteiger partial charge is 0.237 e. The summed E-state index contributed by atoms with van der Waals surface area (Å²) in [4.78, 5) is 33.2. The Hall–Kier alpha value is -2.12. The van der Waals surface area contributed by atoms with Gasteiger partial charge in [-0.25, -0.2) is 0 Å². The van der Waals surface area contributed by atoms with Crippen molar-refractivity contribution in [3.8, 4) is 0 Å². The van der Waals surface area contributed by atoms with Crippen LogP contribution in [0.5, 0.6) is 0 Å². The average molecular weight is 614 g/mol. The van der Waals surface area contributed by atoms with Gasteiger partial charge in [0.25, 0.3) is 0 Å². The third-order valence-corrected chi connectivity index (χ3v) is 10.9. The van der Waals surface area contributed by atoms with E-state index in [1.165, 1.54) is 17.5 Å². The highest BCUT2D eigenvalue weighted by Gasteiger charge is 2.45. The molecule has 6 nitrogen and oxygen atoms in total. The molecule has 0 spiro atoms. The molecule has 2 aromatic rings. The molecule has 8 heteroatoms. The number of halogens is 2. The van der Waals surface area contributed by atoms with Gasteiger partial charge in [0.2, 0.25) is 11.8 Å². The molecule has 0 bridgehead atoms. The lowest BCUT2D eigenvalue weighted by Crippen LogP contribution is -2.63. The summed E-state index contributed by atoms with van der Waals surface area (Å²) in [5.74, 6) is 0.0315. The van der Waals surface area contributed by atoms with E-state index in [4.69, 9.17) is 28.9 Å². The van der Waals surface area contributed by atoms with Gasteiger partial charge in [0.15, 0.2) is 0 Å². The van der Waals surface area contributed by atoms with Gasteiger partial charge in [-0.2, -0.15) is 0 Å². The number of aryl methyl sites for hydroxylation is 2. The molecule has 3 fully saturated rings. The fraction of sp³-hybridized carbons (Fsp3) is 0.588. The van der Waals surface area contributed by atoms with Crippen molar-refractivity contribution in [2.75, 3.05) is 45.8 Å². The first-order valence-electron chi connectivity index (χ1n) is 15.7. The molecule has 2 heterocycles. The van der Waals surface area contributed by atoms with Crippen molar-refractivity contribution in [3.05, 3.63) is 68.7 Å². The van der Waals surface area contributed by atoms with Crippen molar-refractivity contribution in [1.29, 1.82) is 0 Å². The molecule has 1 unspecified atom stereocenters. The predicted molar refractivity (Wildman–Crippen MR) is 171 cm³/mol. The van der Waals surface area contributed by atoms with Crippen molar-refractivity contribution < 1.29 is 9.59 Å². The Labute approximate surface area is 261 Å². The van der Waals surface area contributed by atoms with Crippen molar-refractivity contribution in [3.63, 3.8) is 0 Å². The molecule has 228 valence electrons.